The van der Waals surface area contributed by atoms with Crippen LogP contribution in [0.5, 0.6) is 0 Å². The highest BCUT2D eigenvalue weighted by Crippen LogP contribution is 2.25. The molecule has 0 saturated carbocycles. The van der Waals surface area contributed by atoms with Gasteiger partial charge in [-0.05, 0) is 17.9 Å². The monoisotopic (exact) mass is 304 g/mol. The Hall–Kier alpha value is -1.69. The van der Waals surface area contributed by atoms with Crippen molar-refractivity contribution in [3.8, 4) is 0 Å². The summed E-state index contributed by atoms with van der Waals surface area (Å²) in [5, 5.41) is 10.2. The lowest BCUT2D eigenvalue weighted by Gasteiger charge is -2.18. The topological polar surface area (TPSA) is 51.0 Å². The van der Waals surface area contributed by atoms with Gasteiger partial charge in [0.2, 0.25) is 5.91 Å². The molecule has 112 valence electrons. The number of amides is 1. The summed E-state index contributed by atoms with van der Waals surface area (Å²) in [6, 6.07) is 4.32. The van der Waals surface area contributed by atoms with E-state index >= 15 is 0 Å². The minimum atomic E-state index is 0.221. The molecule has 1 fully saturated rings. The molecule has 2 aromatic heterocycles. The zero-order valence-corrected chi connectivity index (χ0v) is 13.2. The zero-order valence-electron chi connectivity index (χ0n) is 12.4. The van der Waals surface area contributed by atoms with E-state index in [2.05, 4.69) is 28.6 Å². The smallest absolute Gasteiger partial charge is 0.227 e. The number of thiophene rings is 1. The van der Waals surface area contributed by atoms with Crippen molar-refractivity contribution in [1.29, 1.82) is 0 Å². The molecule has 5 nitrogen and oxygen atoms in total. The van der Waals surface area contributed by atoms with E-state index in [0.29, 0.717) is 18.4 Å². The van der Waals surface area contributed by atoms with Crippen LogP contribution in [0.4, 0.5) is 0 Å². The number of carbonyl (C=O) groups excluding carboxylic acids is 1. The van der Waals surface area contributed by atoms with Crippen LogP contribution >= 0.6 is 11.3 Å². The van der Waals surface area contributed by atoms with Crippen LogP contribution in [0.3, 0.4) is 0 Å². The number of nitrogens with zero attached hydrogens (tertiary/aromatic N) is 4. The molecule has 1 aliphatic heterocycles. The van der Waals surface area contributed by atoms with Gasteiger partial charge >= 0.3 is 0 Å². The highest BCUT2D eigenvalue weighted by molar-refractivity contribution is 7.10. The Kier molecular flexibility index (Phi) is 4.05. The van der Waals surface area contributed by atoms with Gasteiger partial charge in [-0.15, -0.1) is 21.5 Å². The zero-order chi connectivity index (χ0) is 14.8. The van der Waals surface area contributed by atoms with E-state index in [-0.39, 0.29) is 5.91 Å². The van der Waals surface area contributed by atoms with Gasteiger partial charge < -0.3 is 9.47 Å². The fourth-order valence-corrected chi connectivity index (χ4v) is 3.51. The third-order valence-electron chi connectivity index (χ3n) is 3.93. The van der Waals surface area contributed by atoms with Gasteiger partial charge in [0, 0.05) is 23.9 Å². The first-order valence-electron chi connectivity index (χ1n) is 7.34. The molecule has 0 bridgehead atoms. The molecule has 21 heavy (non-hydrogen) atoms. The first kappa shape index (κ1) is 14.3. The van der Waals surface area contributed by atoms with E-state index in [9.17, 15) is 4.79 Å². The molecule has 0 aliphatic carbocycles. The molecule has 0 aromatic carbocycles. The van der Waals surface area contributed by atoms with Crippen molar-refractivity contribution in [2.45, 2.75) is 38.6 Å². The number of carbonyl (C=O) groups is 1. The first-order chi connectivity index (χ1) is 10.1. The number of hydrogen-bond donors (Lipinski definition) is 0. The van der Waals surface area contributed by atoms with Crippen LogP contribution in [0.1, 0.15) is 42.9 Å². The minimum Gasteiger partial charge on any atom is -0.340 e. The summed E-state index contributed by atoms with van der Waals surface area (Å²) >= 11 is 1.64. The molecular formula is C15H20N4OS. The molecule has 1 aliphatic rings. The van der Waals surface area contributed by atoms with Crippen LogP contribution < -0.4 is 0 Å². The van der Waals surface area contributed by atoms with Crippen molar-refractivity contribution in [2.75, 3.05) is 13.1 Å². The maximum absolute atomic E-state index is 12.3. The van der Waals surface area contributed by atoms with Gasteiger partial charge in [-0.25, -0.2) is 0 Å². The molecule has 1 amide bonds. The Bertz CT molecular complexity index is 605. The van der Waals surface area contributed by atoms with Gasteiger partial charge in [0.1, 0.15) is 12.2 Å². The van der Waals surface area contributed by atoms with E-state index < -0.39 is 0 Å². The van der Waals surface area contributed by atoms with Crippen molar-refractivity contribution in [3.05, 3.63) is 34.5 Å². The molecule has 3 heterocycles. The molecule has 3 rings (SSSR count). The summed E-state index contributed by atoms with van der Waals surface area (Å²) in [4.78, 5) is 15.4. The van der Waals surface area contributed by atoms with Gasteiger partial charge in [-0.2, -0.15) is 0 Å². The van der Waals surface area contributed by atoms with Crippen molar-refractivity contribution in [3.63, 3.8) is 0 Å². The largest absolute Gasteiger partial charge is 0.340 e. The first-order valence-corrected chi connectivity index (χ1v) is 8.22. The third-order valence-corrected chi connectivity index (χ3v) is 4.81. The SMILES string of the molecule is CC(C)c1nncn1[C@@H]1CCN(C(=O)Cc2cccs2)C1. The fourth-order valence-electron chi connectivity index (χ4n) is 2.82. The average Bonchev–Trinajstić information content (AvgIpc) is 3.19. The quantitative estimate of drug-likeness (QED) is 0.872. The number of likely N-dealkylation sites (tertiary alicyclic amines) is 1. The second-order valence-corrected chi connectivity index (χ2v) is 6.82. The predicted molar refractivity (Wildman–Crippen MR) is 82.4 cm³/mol. The Labute approximate surface area is 128 Å². The summed E-state index contributed by atoms with van der Waals surface area (Å²) in [7, 11) is 0. The van der Waals surface area contributed by atoms with Crippen LogP contribution in [0.25, 0.3) is 0 Å². The molecule has 2 aromatic rings. The normalized spacial score (nSPS) is 18.6. The van der Waals surface area contributed by atoms with E-state index in [1.807, 2.05) is 22.4 Å². The van der Waals surface area contributed by atoms with Gasteiger partial charge in [-0.3, -0.25) is 4.79 Å². The van der Waals surface area contributed by atoms with E-state index in [0.717, 1.165) is 30.2 Å². The highest BCUT2D eigenvalue weighted by Gasteiger charge is 2.29. The molecule has 0 radical (unpaired) electrons. The summed E-state index contributed by atoms with van der Waals surface area (Å²) < 4.78 is 2.14. The molecule has 6 heteroatoms. The molecule has 0 N–H and O–H groups in total. The van der Waals surface area contributed by atoms with Gasteiger partial charge in [-0.1, -0.05) is 19.9 Å². The maximum atomic E-state index is 12.3. The lowest BCUT2D eigenvalue weighted by atomic mass is 10.2. The number of rotatable bonds is 4. The lowest BCUT2D eigenvalue weighted by Crippen LogP contribution is -2.30. The molecule has 0 spiro atoms. The van der Waals surface area contributed by atoms with Crippen molar-refractivity contribution < 1.29 is 4.79 Å². The van der Waals surface area contributed by atoms with Crippen LogP contribution in [0, 0.1) is 0 Å². The second-order valence-electron chi connectivity index (χ2n) is 5.79. The Morgan fingerprint density at radius 1 is 1.52 bits per heavy atom. The summed E-state index contributed by atoms with van der Waals surface area (Å²) in [5.74, 6) is 1.58. The predicted octanol–water partition coefficient (Wildman–Crippen LogP) is 2.48. The molecular weight excluding hydrogens is 284 g/mol. The average molecular weight is 304 g/mol. The third kappa shape index (κ3) is 3.00. The van der Waals surface area contributed by atoms with Crippen molar-refractivity contribution in [1.82, 2.24) is 19.7 Å². The van der Waals surface area contributed by atoms with E-state index in [1.54, 1.807) is 17.7 Å². The van der Waals surface area contributed by atoms with Crippen LogP contribution in [-0.4, -0.2) is 38.7 Å². The van der Waals surface area contributed by atoms with Crippen molar-refractivity contribution >= 4 is 17.2 Å². The van der Waals surface area contributed by atoms with Crippen LogP contribution in [0.2, 0.25) is 0 Å². The highest BCUT2D eigenvalue weighted by atomic mass is 32.1. The Morgan fingerprint density at radius 2 is 2.38 bits per heavy atom. The summed E-state index contributed by atoms with van der Waals surface area (Å²) in [6.45, 7) is 5.83. The second kappa shape index (κ2) is 5.97. The minimum absolute atomic E-state index is 0.221. The molecule has 1 saturated heterocycles. The van der Waals surface area contributed by atoms with Gasteiger partial charge in [0.15, 0.2) is 0 Å². The summed E-state index contributed by atoms with van der Waals surface area (Å²) in [6.07, 6.45) is 3.30. The van der Waals surface area contributed by atoms with Crippen LogP contribution in [-0.2, 0) is 11.2 Å². The van der Waals surface area contributed by atoms with Crippen LogP contribution in [0.15, 0.2) is 23.8 Å². The van der Waals surface area contributed by atoms with Gasteiger partial charge in [0.25, 0.3) is 0 Å². The number of hydrogen-bond acceptors (Lipinski definition) is 4. The maximum Gasteiger partial charge on any atom is 0.227 e. The standard InChI is InChI=1S/C15H20N4OS/c1-11(2)15-17-16-10-19(15)12-5-6-18(9-12)14(20)8-13-4-3-7-21-13/h3-4,7,10-12H,5-6,8-9H2,1-2H3/t12-/m1/s1. The lowest BCUT2D eigenvalue weighted by molar-refractivity contribution is -0.129. The fraction of sp³-hybridized carbons (Fsp3) is 0.533. The molecule has 0 unspecified atom stereocenters. The molecule has 1 atom stereocenters. The summed E-state index contributed by atoms with van der Waals surface area (Å²) in [5.41, 5.74) is 0. The van der Waals surface area contributed by atoms with Gasteiger partial charge in [0.05, 0.1) is 12.5 Å². The Balaban J connectivity index is 1.65. The van der Waals surface area contributed by atoms with E-state index in [1.165, 1.54) is 0 Å². The Morgan fingerprint density at radius 3 is 3.10 bits per heavy atom. The van der Waals surface area contributed by atoms with Crippen molar-refractivity contribution in [2.24, 2.45) is 0 Å². The van der Waals surface area contributed by atoms with E-state index in [4.69, 9.17) is 0 Å². The number of aromatic nitrogens is 3.